The van der Waals surface area contributed by atoms with E-state index in [1.165, 1.54) is 0 Å². The standard InChI is InChI=1S/C14H12Cl3N/c1-18-8-10-7-9(5-6-12(10)15)11-3-2-4-13(16)14(11)17/h2-7,18H,8H2,1H3. The molecule has 0 heterocycles. The Hall–Kier alpha value is -0.730. The Labute approximate surface area is 122 Å². The van der Waals surface area contributed by atoms with Crippen LogP contribution in [0.4, 0.5) is 0 Å². The van der Waals surface area contributed by atoms with Gasteiger partial charge in [0.15, 0.2) is 0 Å². The van der Waals surface area contributed by atoms with E-state index in [2.05, 4.69) is 5.32 Å². The van der Waals surface area contributed by atoms with Crippen molar-refractivity contribution in [1.82, 2.24) is 5.32 Å². The third-order valence-corrected chi connectivity index (χ3v) is 3.86. The molecule has 18 heavy (non-hydrogen) atoms. The Balaban J connectivity index is 2.51. The molecule has 2 aromatic carbocycles. The highest BCUT2D eigenvalue weighted by atomic mass is 35.5. The van der Waals surface area contributed by atoms with Crippen LogP contribution in [0.25, 0.3) is 11.1 Å². The molecule has 0 aliphatic carbocycles. The predicted molar refractivity (Wildman–Crippen MR) is 79.7 cm³/mol. The van der Waals surface area contributed by atoms with Gasteiger partial charge in [-0.1, -0.05) is 53.0 Å². The van der Waals surface area contributed by atoms with E-state index in [1.807, 2.05) is 37.4 Å². The van der Waals surface area contributed by atoms with Gasteiger partial charge in [0.2, 0.25) is 0 Å². The summed E-state index contributed by atoms with van der Waals surface area (Å²) in [5.74, 6) is 0. The summed E-state index contributed by atoms with van der Waals surface area (Å²) in [6.45, 7) is 0.713. The molecule has 94 valence electrons. The minimum absolute atomic E-state index is 0.555. The van der Waals surface area contributed by atoms with Gasteiger partial charge in [-0.3, -0.25) is 0 Å². The van der Waals surface area contributed by atoms with Crippen LogP contribution < -0.4 is 5.32 Å². The fraction of sp³-hybridized carbons (Fsp3) is 0.143. The molecule has 0 spiro atoms. The fourth-order valence-electron chi connectivity index (χ4n) is 1.79. The summed E-state index contributed by atoms with van der Waals surface area (Å²) in [6, 6.07) is 11.4. The lowest BCUT2D eigenvalue weighted by atomic mass is 10.0. The molecular weight excluding hydrogens is 289 g/mol. The maximum atomic E-state index is 6.22. The first kappa shape index (κ1) is 13.7. The molecule has 0 fully saturated rings. The van der Waals surface area contributed by atoms with Crippen LogP contribution in [0.2, 0.25) is 15.1 Å². The van der Waals surface area contributed by atoms with E-state index >= 15 is 0 Å². The van der Waals surface area contributed by atoms with Crippen LogP contribution in [0.3, 0.4) is 0 Å². The van der Waals surface area contributed by atoms with E-state index in [4.69, 9.17) is 34.8 Å². The predicted octanol–water partition coefficient (Wildman–Crippen LogP) is 5.03. The molecule has 2 aromatic rings. The second-order valence-corrected chi connectivity index (χ2v) is 5.13. The molecule has 4 heteroatoms. The van der Waals surface area contributed by atoms with Crippen molar-refractivity contribution in [3.8, 4) is 11.1 Å². The lowest BCUT2D eigenvalue weighted by Crippen LogP contribution is -2.05. The van der Waals surface area contributed by atoms with Crippen molar-refractivity contribution in [2.45, 2.75) is 6.54 Å². The van der Waals surface area contributed by atoms with Gasteiger partial charge in [0.25, 0.3) is 0 Å². The van der Waals surface area contributed by atoms with Gasteiger partial charge >= 0.3 is 0 Å². The Morgan fingerprint density at radius 2 is 1.78 bits per heavy atom. The number of rotatable bonds is 3. The normalized spacial score (nSPS) is 10.7. The average Bonchev–Trinajstić information content (AvgIpc) is 2.36. The van der Waals surface area contributed by atoms with Gasteiger partial charge in [-0.05, 0) is 36.4 Å². The Morgan fingerprint density at radius 1 is 1.00 bits per heavy atom. The molecule has 0 aromatic heterocycles. The number of benzene rings is 2. The summed E-state index contributed by atoms with van der Waals surface area (Å²) < 4.78 is 0. The maximum Gasteiger partial charge on any atom is 0.0670 e. The number of halogens is 3. The quantitative estimate of drug-likeness (QED) is 0.838. The van der Waals surface area contributed by atoms with Gasteiger partial charge in [-0.15, -0.1) is 0 Å². The highest BCUT2D eigenvalue weighted by molar-refractivity contribution is 6.43. The first-order chi connectivity index (χ1) is 8.63. The van der Waals surface area contributed by atoms with Crippen LogP contribution in [0.5, 0.6) is 0 Å². The number of hydrogen-bond acceptors (Lipinski definition) is 1. The Bertz CT molecular complexity index is 567. The molecule has 0 unspecified atom stereocenters. The topological polar surface area (TPSA) is 12.0 Å². The summed E-state index contributed by atoms with van der Waals surface area (Å²) in [5, 5.41) is 4.95. The lowest BCUT2D eigenvalue weighted by Gasteiger charge is -2.09. The molecule has 0 amide bonds. The minimum atomic E-state index is 0.555. The van der Waals surface area contributed by atoms with Crippen LogP contribution in [0.1, 0.15) is 5.56 Å². The van der Waals surface area contributed by atoms with Gasteiger partial charge in [0.05, 0.1) is 10.0 Å². The van der Waals surface area contributed by atoms with E-state index in [0.717, 1.165) is 21.7 Å². The van der Waals surface area contributed by atoms with Crippen LogP contribution in [0.15, 0.2) is 36.4 Å². The smallest absolute Gasteiger partial charge is 0.0670 e. The molecule has 0 bridgehead atoms. The zero-order valence-electron chi connectivity index (χ0n) is 9.81. The van der Waals surface area contributed by atoms with Gasteiger partial charge in [0, 0.05) is 17.1 Å². The molecule has 1 nitrogen and oxygen atoms in total. The summed E-state index contributed by atoms with van der Waals surface area (Å²) in [5.41, 5.74) is 2.96. The maximum absolute atomic E-state index is 6.22. The van der Waals surface area contributed by atoms with Gasteiger partial charge < -0.3 is 5.32 Å². The number of hydrogen-bond donors (Lipinski definition) is 1. The van der Waals surface area contributed by atoms with Crippen LogP contribution in [-0.2, 0) is 6.54 Å². The largest absolute Gasteiger partial charge is 0.316 e. The van der Waals surface area contributed by atoms with E-state index in [0.29, 0.717) is 16.6 Å². The van der Waals surface area contributed by atoms with E-state index in [9.17, 15) is 0 Å². The minimum Gasteiger partial charge on any atom is -0.316 e. The SMILES string of the molecule is CNCc1cc(-c2cccc(Cl)c2Cl)ccc1Cl. The van der Waals surface area contributed by atoms with E-state index < -0.39 is 0 Å². The van der Waals surface area contributed by atoms with Crippen molar-refractivity contribution in [2.24, 2.45) is 0 Å². The van der Waals surface area contributed by atoms with Crippen LogP contribution in [0, 0.1) is 0 Å². The van der Waals surface area contributed by atoms with Crippen molar-refractivity contribution >= 4 is 34.8 Å². The third-order valence-electron chi connectivity index (χ3n) is 2.68. The second kappa shape index (κ2) is 5.94. The van der Waals surface area contributed by atoms with Crippen LogP contribution >= 0.6 is 34.8 Å². The monoisotopic (exact) mass is 299 g/mol. The first-order valence-electron chi connectivity index (χ1n) is 5.51. The van der Waals surface area contributed by atoms with Crippen molar-refractivity contribution in [3.05, 3.63) is 57.0 Å². The van der Waals surface area contributed by atoms with Gasteiger partial charge in [-0.25, -0.2) is 0 Å². The zero-order chi connectivity index (χ0) is 13.1. The molecule has 0 aliphatic rings. The molecule has 2 rings (SSSR count). The lowest BCUT2D eigenvalue weighted by molar-refractivity contribution is 0.818. The second-order valence-electron chi connectivity index (χ2n) is 3.94. The number of nitrogens with one attached hydrogen (secondary N) is 1. The van der Waals surface area contributed by atoms with Crippen molar-refractivity contribution in [3.63, 3.8) is 0 Å². The van der Waals surface area contributed by atoms with Gasteiger partial charge in [-0.2, -0.15) is 0 Å². The van der Waals surface area contributed by atoms with E-state index in [-0.39, 0.29) is 0 Å². The highest BCUT2D eigenvalue weighted by Gasteiger charge is 2.08. The summed E-state index contributed by atoms with van der Waals surface area (Å²) >= 11 is 18.4. The van der Waals surface area contributed by atoms with Gasteiger partial charge in [0.1, 0.15) is 0 Å². The van der Waals surface area contributed by atoms with E-state index in [1.54, 1.807) is 6.07 Å². The first-order valence-corrected chi connectivity index (χ1v) is 6.64. The Morgan fingerprint density at radius 3 is 2.50 bits per heavy atom. The molecule has 1 N–H and O–H groups in total. The molecule has 0 saturated heterocycles. The van der Waals surface area contributed by atoms with Crippen molar-refractivity contribution < 1.29 is 0 Å². The van der Waals surface area contributed by atoms with Crippen molar-refractivity contribution in [1.29, 1.82) is 0 Å². The van der Waals surface area contributed by atoms with Crippen molar-refractivity contribution in [2.75, 3.05) is 7.05 Å². The summed E-state index contributed by atoms with van der Waals surface area (Å²) in [6.07, 6.45) is 0. The zero-order valence-corrected chi connectivity index (χ0v) is 12.1. The molecule has 0 radical (unpaired) electrons. The molecule has 0 aliphatic heterocycles. The molecule has 0 saturated carbocycles. The summed E-state index contributed by atoms with van der Waals surface area (Å²) in [7, 11) is 1.88. The molecule has 0 atom stereocenters. The summed E-state index contributed by atoms with van der Waals surface area (Å²) in [4.78, 5) is 0. The average molecular weight is 301 g/mol. The van der Waals surface area contributed by atoms with Crippen LogP contribution in [-0.4, -0.2) is 7.05 Å². The fourth-order valence-corrected chi connectivity index (χ4v) is 2.39. The highest BCUT2D eigenvalue weighted by Crippen LogP contribution is 2.34. The molecular formula is C14H12Cl3N. The Kier molecular flexibility index (Phi) is 4.52. The third kappa shape index (κ3) is 2.81.